The Bertz CT molecular complexity index is 1070. The molecule has 1 unspecified atom stereocenters. The minimum atomic E-state index is -0.646. The highest BCUT2D eigenvalue weighted by Gasteiger charge is 2.18. The molecule has 1 fully saturated rings. The molecule has 0 saturated carbocycles. The SMILES string of the molecule is CC(O)CN1CCN(c2ccc(C#Cc3cc(Cn4ccnc4[C@H](C)O)no3)cc2)CC1. The van der Waals surface area contributed by atoms with Crippen LogP contribution in [0.5, 0.6) is 0 Å². The van der Waals surface area contributed by atoms with Crippen LogP contribution in [0.15, 0.2) is 47.2 Å². The first-order valence-electron chi connectivity index (χ1n) is 10.9. The summed E-state index contributed by atoms with van der Waals surface area (Å²) < 4.78 is 7.18. The van der Waals surface area contributed by atoms with E-state index in [1.807, 2.05) is 23.6 Å². The van der Waals surface area contributed by atoms with E-state index < -0.39 is 6.10 Å². The zero-order valence-electron chi connectivity index (χ0n) is 18.5. The van der Waals surface area contributed by atoms with Crippen LogP contribution in [0, 0.1) is 11.8 Å². The summed E-state index contributed by atoms with van der Waals surface area (Å²) in [6, 6.07) is 10.0. The molecule has 1 saturated heterocycles. The Hall–Kier alpha value is -3.12. The number of anilines is 1. The summed E-state index contributed by atoms with van der Waals surface area (Å²) in [6.45, 7) is 8.52. The highest BCUT2D eigenvalue weighted by Crippen LogP contribution is 2.18. The fourth-order valence-corrected chi connectivity index (χ4v) is 3.89. The smallest absolute Gasteiger partial charge is 0.210 e. The molecule has 1 aliphatic rings. The predicted octanol–water partition coefficient (Wildman–Crippen LogP) is 1.88. The Kier molecular flexibility index (Phi) is 6.90. The molecule has 2 N–H and O–H groups in total. The highest BCUT2D eigenvalue weighted by molar-refractivity contribution is 5.51. The molecule has 32 heavy (non-hydrogen) atoms. The topological polar surface area (TPSA) is 90.8 Å². The van der Waals surface area contributed by atoms with Gasteiger partial charge in [-0.2, -0.15) is 0 Å². The molecule has 4 rings (SSSR count). The third-order valence-electron chi connectivity index (χ3n) is 5.47. The first-order chi connectivity index (χ1) is 15.5. The molecular weight excluding hydrogens is 406 g/mol. The number of hydrogen-bond donors (Lipinski definition) is 2. The number of rotatable bonds is 6. The Morgan fingerprint density at radius 2 is 1.81 bits per heavy atom. The summed E-state index contributed by atoms with van der Waals surface area (Å²) >= 11 is 0. The minimum absolute atomic E-state index is 0.285. The summed E-state index contributed by atoms with van der Waals surface area (Å²) in [5.74, 6) is 7.23. The quantitative estimate of drug-likeness (QED) is 0.571. The molecule has 3 aromatic rings. The lowest BCUT2D eigenvalue weighted by Gasteiger charge is -2.36. The Morgan fingerprint density at radius 3 is 2.50 bits per heavy atom. The van der Waals surface area contributed by atoms with Crippen LogP contribution in [0.25, 0.3) is 0 Å². The highest BCUT2D eigenvalue weighted by atomic mass is 16.5. The zero-order valence-corrected chi connectivity index (χ0v) is 18.5. The second-order valence-electron chi connectivity index (χ2n) is 8.21. The average molecular weight is 436 g/mol. The van der Waals surface area contributed by atoms with Crippen LogP contribution in [-0.2, 0) is 6.54 Å². The van der Waals surface area contributed by atoms with Gasteiger partial charge < -0.3 is 24.2 Å². The number of hydrogen-bond acceptors (Lipinski definition) is 7. The van der Waals surface area contributed by atoms with E-state index in [1.54, 1.807) is 25.4 Å². The van der Waals surface area contributed by atoms with Crippen LogP contribution in [0.4, 0.5) is 5.69 Å². The summed E-state index contributed by atoms with van der Waals surface area (Å²) in [6.07, 6.45) is 2.53. The standard InChI is InChI=1S/C24H29N5O3/c1-18(30)16-27-11-13-28(14-12-27)22-6-3-20(4-7-22)5-8-23-15-21(26-32-23)17-29-10-9-25-24(29)19(2)31/h3-4,6-7,9-10,15,18-19,30-31H,11-14,16-17H2,1-2H3/t18?,19-/m0/s1. The molecule has 2 atom stereocenters. The maximum absolute atomic E-state index is 9.77. The van der Waals surface area contributed by atoms with Crippen LogP contribution in [0.2, 0.25) is 0 Å². The van der Waals surface area contributed by atoms with Gasteiger partial charge in [-0.25, -0.2) is 4.98 Å². The van der Waals surface area contributed by atoms with Crippen molar-refractivity contribution in [2.75, 3.05) is 37.6 Å². The number of aromatic nitrogens is 3. The number of aliphatic hydroxyl groups excluding tert-OH is 2. The largest absolute Gasteiger partial charge is 0.392 e. The minimum Gasteiger partial charge on any atom is -0.392 e. The van der Waals surface area contributed by atoms with Crippen molar-refractivity contribution in [1.82, 2.24) is 19.6 Å². The Morgan fingerprint density at radius 1 is 1.06 bits per heavy atom. The molecule has 1 aliphatic heterocycles. The molecule has 0 radical (unpaired) electrons. The van der Waals surface area contributed by atoms with Crippen LogP contribution >= 0.6 is 0 Å². The molecule has 1 aromatic carbocycles. The first kappa shape index (κ1) is 22.1. The third-order valence-corrected chi connectivity index (χ3v) is 5.47. The van der Waals surface area contributed by atoms with E-state index in [4.69, 9.17) is 4.52 Å². The van der Waals surface area contributed by atoms with Gasteiger partial charge in [0.1, 0.15) is 17.6 Å². The van der Waals surface area contributed by atoms with Crippen molar-refractivity contribution >= 4 is 5.69 Å². The molecular formula is C24H29N5O3. The summed E-state index contributed by atoms with van der Waals surface area (Å²) in [4.78, 5) is 8.81. The second-order valence-corrected chi connectivity index (χ2v) is 8.21. The molecule has 0 aliphatic carbocycles. The van der Waals surface area contributed by atoms with Crippen molar-refractivity contribution < 1.29 is 14.7 Å². The molecule has 0 spiro atoms. The van der Waals surface area contributed by atoms with Crippen LogP contribution < -0.4 is 4.90 Å². The number of aliphatic hydroxyl groups is 2. The van der Waals surface area contributed by atoms with Gasteiger partial charge in [0, 0.05) is 62.4 Å². The maximum atomic E-state index is 9.77. The van der Waals surface area contributed by atoms with Gasteiger partial charge in [0.25, 0.3) is 0 Å². The summed E-state index contributed by atoms with van der Waals surface area (Å²) in [5, 5.41) is 23.4. The predicted molar refractivity (Wildman–Crippen MR) is 121 cm³/mol. The fraction of sp³-hybridized carbons (Fsp3) is 0.417. The third kappa shape index (κ3) is 5.56. The number of imidazole rings is 1. The van der Waals surface area contributed by atoms with Gasteiger partial charge in [0.15, 0.2) is 0 Å². The molecule has 2 aromatic heterocycles. The van der Waals surface area contributed by atoms with Gasteiger partial charge in [-0.3, -0.25) is 4.90 Å². The van der Waals surface area contributed by atoms with Gasteiger partial charge in [-0.15, -0.1) is 0 Å². The lowest BCUT2D eigenvalue weighted by molar-refractivity contribution is 0.123. The van der Waals surface area contributed by atoms with Crippen LogP contribution in [0.1, 0.15) is 42.8 Å². The maximum Gasteiger partial charge on any atom is 0.210 e. The Balaban J connectivity index is 1.34. The van der Waals surface area contributed by atoms with Gasteiger partial charge in [0.2, 0.25) is 5.76 Å². The molecule has 0 bridgehead atoms. The van der Waals surface area contributed by atoms with Gasteiger partial charge in [0.05, 0.1) is 12.6 Å². The average Bonchev–Trinajstić information content (AvgIpc) is 3.43. The number of piperazine rings is 1. The van der Waals surface area contributed by atoms with Crippen molar-refractivity contribution in [3.8, 4) is 11.8 Å². The van der Waals surface area contributed by atoms with Crippen LogP contribution in [0.3, 0.4) is 0 Å². The van der Waals surface area contributed by atoms with E-state index in [2.05, 4.69) is 43.9 Å². The van der Waals surface area contributed by atoms with E-state index >= 15 is 0 Å². The molecule has 3 heterocycles. The van der Waals surface area contributed by atoms with E-state index in [9.17, 15) is 10.2 Å². The molecule has 0 amide bonds. The zero-order chi connectivity index (χ0) is 22.5. The number of β-amino-alcohol motifs (C(OH)–C–C–N with tert-alkyl or cyclic N) is 1. The first-order valence-corrected chi connectivity index (χ1v) is 10.9. The van der Waals surface area contributed by atoms with Crippen molar-refractivity contribution in [3.05, 3.63) is 65.6 Å². The summed E-state index contributed by atoms with van der Waals surface area (Å²) in [5.41, 5.74) is 2.81. The molecule has 8 nitrogen and oxygen atoms in total. The van der Waals surface area contributed by atoms with E-state index in [1.165, 1.54) is 5.69 Å². The molecule has 8 heteroatoms. The summed E-state index contributed by atoms with van der Waals surface area (Å²) in [7, 11) is 0. The van der Waals surface area contributed by atoms with Crippen molar-refractivity contribution in [2.24, 2.45) is 0 Å². The second kappa shape index (κ2) is 10.0. The van der Waals surface area contributed by atoms with Crippen molar-refractivity contribution in [3.63, 3.8) is 0 Å². The monoisotopic (exact) mass is 435 g/mol. The van der Waals surface area contributed by atoms with Gasteiger partial charge in [-0.05, 0) is 44.0 Å². The Labute approximate surface area is 188 Å². The van der Waals surface area contributed by atoms with Gasteiger partial charge >= 0.3 is 0 Å². The lowest BCUT2D eigenvalue weighted by atomic mass is 10.1. The lowest BCUT2D eigenvalue weighted by Crippen LogP contribution is -2.48. The number of nitrogens with zero attached hydrogens (tertiary/aromatic N) is 5. The van der Waals surface area contributed by atoms with E-state index in [0.717, 1.165) is 44.0 Å². The van der Waals surface area contributed by atoms with E-state index in [0.29, 0.717) is 18.1 Å². The normalized spacial score (nSPS) is 16.4. The fourth-order valence-electron chi connectivity index (χ4n) is 3.89. The molecule has 168 valence electrons. The van der Waals surface area contributed by atoms with Gasteiger partial charge in [-0.1, -0.05) is 11.1 Å². The number of benzene rings is 1. The van der Waals surface area contributed by atoms with Crippen molar-refractivity contribution in [2.45, 2.75) is 32.6 Å². The van der Waals surface area contributed by atoms with Crippen LogP contribution in [-0.4, -0.2) is 68.6 Å². The van der Waals surface area contributed by atoms with Crippen molar-refractivity contribution in [1.29, 1.82) is 0 Å². The van der Waals surface area contributed by atoms with E-state index in [-0.39, 0.29) is 6.10 Å².